The van der Waals surface area contributed by atoms with Crippen molar-refractivity contribution in [1.82, 2.24) is 0 Å². The van der Waals surface area contributed by atoms with E-state index in [1.54, 1.807) is 0 Å². The van der Waals surface area contributed by atoms with Crippen LogP contribution in [0.25, 0.3) is 0 Å². The predicted molar refractivity (Wildman–Crippen MR) is 104 cm³/mol. The first-order valence-electron chi connectivity index (χ1n) is 9.38. The fourth-order valence-corrected chi connectivity index (χ4v) is 4.13. The Labute approximate surface area is 181 Å². The number of halogens is 6. The summed E-state index contributed by atoms with van der Waals surface area (Å²) in [6.07, 6.45) is -0.0336. The van der Waals surface area contributed by atoms with Crippen molar-refractivity contribution in [3.8, 4) is 5.75 Å². The van der Waals surface area contributed by atoms with Gasteiger partial charge in [0, 0.05) is 17.7 Å². The van der Waals surface area contributed by atoms with Crippen molar-refractivity contribution in [2.45, 2.75) is 49.8 Å². The maximum absolute atomic E-state index is 14.1. The predicted octanol–water partition coefficient (Wildman–Crippen LogP) is 5.68. The van der Waals surface area contributed by atoms with Crippen LogP contribution in [0.4, 0.5) is 17.6 Å². The number of carboxylic acid groups (broad SMARTS) is 1. The van der Waals surface area contributed by atoms with E-state index in [2.05, 4.69) is 0 Å². The zero-order chi connectivity index (χ0) is 22.5. The van der Waals surface area contributed by atoms with E-state index >= 15 is 0 Å². The molecule has 0 amide bonds. The lowest BCUT2D eigenvalue weighted by molar-refractivity contribution is -0.138. The van der Waals surface area contributed by atoms with Crippen LogP contribution in [-0.4, -0.2) is 34.3 Å². The molecule has 4 nitrogen and oxygen atoms in total. The van der Waals surface area contributed by atoms with Crippen molar-refractivity contribution in [3.05, 3.63) is 40.7 Å². The van der Waals surface area contributed by atoms with Crippen LogP contribution in [0.1, 0.15) is 37.7 Å². The summed E-state index contributed by atoms with van der Waals surface area (Å²) in [6.45, 7) is -0.226. The summed E-state index contributed by atoms with van der Waals surface area (Å²) >= 11 is 11.9. The van der Waals surface area contributed by atoms with Gasteiger partial charge in [0.05, 0.1) is 23.3 Å². The van der Waals surface area contributed by atoms with Crippen LogP contribution in [-0.2, 0) is 11.0 Å². The number of aliphatic hydroxyl groups excluding tert-OH is 1. The van der Waals surface area contributed by atoms with Crippen LogP contribution in [0.5, 0.6) is 5.75 Å². The number of allylic oxidation sites excluding steroid dienone is 2. The molecular weight excluding hydrogens is 451 g/mol. The number of rotatable bonds is 9. The summed E-state index contributed by atoms with van der Waals surface area (Å²) in [6, 6.07) is 1.03. The standard InChI is InChI=1S/C20H22Cl2F4O4/c21-14-9-16(27)13(12(14)5-3-1-2-4-6-18(28)29)10-30-17-8-11(20(24,25)26)7-15(22)19(17)23/h1,3,7-8,12-14,16,27H,2,4-6,9-10H2,(H,28,29)/t12-,13-,14-,16-/m1/s1. The number of alkyl halides is 4. The molecule has 0 saturated heterocycles. The van der Waals surface area contributed by atoms with Crippen molar-refractivity contribution in [3.63, 3.8) is 0 Å². The number of carboxylic acids is 1. The zero-order valence-electron chi connectivity index (χ0n) is 15.8. The van der Waals surface area contributed by atoms with Gasteiger partial charge >= 0.3 is 12.1 Å². The number of unbranched alkanes of at least 4 members (excludes halogenated alkanes) is 1. The van der Waals surface area contributed by atoms with Crippen molar-refractivity contribution in [1.29, 1.82) is 0 Å². The Balaban J connectivity index is 2.02. The second-order valence-corrected chi connectivity index (χ2v) is 8.19. The van der Waals surface area contributed by atoms with E-state index in [0.717, 1.165) is 0 Å². The highest BCUT2D eigenvalue weighted by Gasteiger charge is 2.41. The molecule has 0 bridgehead atoms. The number of hydrogen-bond donors (Lipinski definition) is 2. The minimum Gasteiger partial charge on any atom is -0.490 e. The summed E-state index contributed by atoms with van der Waals surface area (Å²) in [5.74, 6) is -3.36. The molecule has 1 aromatic carbocycles. The molecule has 2 N–H and O–H groups in total. The number of hydrogen-bond acceptors (Lipinski definition) is 3. The highest BCUT2D eigenvalue weighted by atomic mass is 35.5. The van der Waals surface area contributed by atoms with Crippen LogP contribution >= 0.6 is 23.2 Å². The molecule has 1 fully saturated rings. The third kappa shape index (κ3) is 6.75. The van der Waals surface area contributed by atoms with Gasteiger partial charge in [-0.1, -0.05) is 23.8 Å². The SMILES string of the molecule is O=C(O)CCCC=CC[C@@H]1[C@@H](COc2cc(C(F)(F)F)cc(Cl)c2F)[C@H](O)C[C@H]1Cl. The molecule has 168 valence electrons. The van der Waals surface area contributed by atoms with Gasteiger partial charge in [-0.15, -0.1) is 11.6 Å². The van der Waals surface area contributed by atoms with E-state index < -0.39 is 46.3 Å². The fourth-order valence-electron chi connectivity index (χ4n) is 3.45. The number of carbonyl (C=O) groups is 1. The summed E-state index contributed by atoms with van der Waals surface area (Å²) < 4.78 is 58.2. The average molecular weight is 473 g/mol. The first-order valence-corrected chi connectivity index (χ1v) is 10.2. The Bertz CT molecular complexity index is 770. The van der Waals surface area contributed by atoms with Gasteiger partial charge in [0.1, 0.15) is 0 Å². The maximum atomic E-state index is 14.1. The molecule has 1 aromatic rings. The van der Waals surface area contributed by atoms with E-state index in [1.165, 1.54) is 0 Å². The Hall–Kier alpha value is -1.51. The average Bonchev–Trinajstić information content (AvgIpc) is 2.90. The second kappa shape index (κ2) is 10.7. The Morgan fingerprint density at radius 3 is 2.60 bits per heavy atom. The molecule has 1 aliphatic carbocycles. The van der Waals surface area contributed by atoms with Crippen LogP contribution in [0.3, 0.4) is 0 Å². The summed E-state index contributed by atoms with van der Waals surface area (Å²) in [5.41, 5.74) is -1.13. The molecule has 1 saturated carbocycles. The molecule has 0 aromatic heterocycles. The summed E-state index contributed by atoms with van der Waals surface area (Å²) in [7, 11) is 0. The van der Waals surface area contributed by atoms with E-state index in [0.29, 0.717) is 31.4 Å². The molecule has 4 atom stereocenters. The molecule has 0 spiro atoms. The van der Waals surface area contributed by atoms with Crippen molar-refractivity contribution in [2.24, 2.45) is 11.8 Å². The lowest BCUT2D eigenvalue weighted by atomic mass is 9.92. The Morgan fingerprint density at radius 2 is 1.97 bits per heavy atom. The molecular formula is C20H22Cl2F4O4. The van der Waals surface area contributed by atoms with Gasteiger partial charge in [0.2, 0.25) is 0 Å². The van der Waals surface area contributed by atoms with Gasteiger partial charge in [0.15, 0.2) is 11.6 Å². The minimum absolute atomic E-state index is 0.0617. The first kappa shape index (κ1) is 24.8. The maximum Gasteiger partial charge on any atom is 0.416 e. The third-order valence-electron chi connectivity index (χ3n) is 5.07. The Kier molecular flexibility index (Phi) is 8.82. The smallest absolute Gasteiger partial charge is 0.416 e. The summed E-state index contributed by atoms with van der Waals surface area (Å²) in [4.78, 5) is 10.5. The van der Waals surface area contributed by atoms with Crippen molar-refractivity contribution < 1.29 is 37.3 Å². The molecule has 30 heavy (non-hydrogen) atoms. The van der Waals surface area contributed by atoms with E-state index in [1.807, 2.05) is 12.2 Å². The number of aliphatic carboxylic acids is 1. The third-order valence-corrected chi connectivity index (χ3v) is 5.84. The number of ether oxygens (including phenoxy) is 1. The molecule has 10 heteroatoms. The first-order chi connectivity index (χ1) is 14.0. The van der Waals surface area contributed by atoms with Crippen LogP contribution in [0.2, 0.25) is 5.02 Å². The molecule has 0 heterocycles. The van der Waals surface area contributed by atoms with Gasteiger partial charge in [0.25, 0.3) is 0 Å². The highest BCUT2D eigenvalue weighted by molar-refractivity contribution is 6.31. The lowest BCUT2D eigenvalue weighted by Crippen LogP contribution is -2.27. The van der Waals surface area contributed by atoms with Crippen LogP contribution < -0.4 is 4.74 Å². The van der Waals surface area contributed by atoms with Crippen molar-refractivity contribution >= 4 is 29.2 Å². The lowest BCUT2D eigenvalue weighted by Gasteiger charge is -2.23. The van der Waals surface area contributed by atoms with Gasteiger partial charge in [-0.3, -0.25) is 4.79 Å². The van der Waals surface area contributed by atoms with Crippen LogP contribution in [0.15, 0.2) is 24.3 Å². The second-order valence-electron chi connectivity index (χ2n) is 7.22. The summed E-state index contributed by atoms with van der Waals surface area (Å²) in [5, 5.41) is 17.8. The molecule has 0 unspecified atom stereocenters. The number of benzene rings is 1. The Morgan fingerprint density at radius 1 is 1.27 bits per heavy atom. The highest BCUT2D eigenvalue weighted by Crippen LogP contribution is 2.40. The number of aliphatic hydroxyl groups is 1. The van der Waals surface area contributed by atoms with E-state index in [4.69, 9.17) is 33.0 Å². The molecule has 0 radical (unpaired) electrons. The molecule has 1 aliphatic rings. The fraction of sp³-hybridized carbons (Fsp3) is 0.550. The quantitative estimate of drug-likeness (QED) is 0.210. The monoisotopic (exact) mass is 472 g/mol. The van der Waals surface area contributed by atoms with Gasteiger partial charge in [-0.2, -0.15) is 13.2 Å². The molecule has 2 rings (SSSR count). The minimum atomic E-state index is -4.71. The molecule has 0 aliphatic heterocycles. The van der Waals surface area contributed by atoms with Gasteiger partial charge < -0.3 is 14.9 Å². The topological polar surface area (TPSA) is 66.8 Å². The van der Waals surface area contributed by atoms with Gasteiger partial charge in [-0.05, 0) is 43.7 Å². The van der Waals surface area contributed by atoms with Gasteiger partial charge in [-0.25, -0.2) is 4.39 Å². The zero-order valence-corrected chi connectivity index (χ0v) is 17.4. The van der Waals surface area contributed by atoms with E-state index in [-0.39, 0.29) is 30.7 Å². The normalized spacial score (nSPS) is 24.5. The largest absolute Gasteiger partial charge is 0.490 e. The van der Waals surface area contributed by atoms with E-state index in [9.17, 15) is 27.5 Å². The van der Waals surface area contributed by atoms with Crippen molar-refractivity contribution in [2.75, 3.05) is 6.61 Å². The van der Waals surface area contributed by atoms with Crippen LogP contribution in [0, 0.1) is 17.7 Å².